The lowest BCUT2D eigenvalue weighted by atomic mass is 10.1. The van der Waals surface area contributed by atoms with Crippen LogP contribution in [0.1, 0.15) is 25.5 Å². The van der Waals surface area contributed by atoms with Crippen molar-refractivity contribution in [2.24, 2.45) is 4.99 Å². The van der Waals surface area contributed by atoms with E-state index in [2.05, 4.69) is 20.4 Å². The molecule has 0 bridgehead atoms. The normalized spacial score (nSPS) is 13.4. The third-order valence-electron chi connectivity index (χ3n) is 3.01. The summed E-state index contributed by atoms with van der Waals surface area (Å²) < 4.78 is 45.4. The molecule has 0 heterocycles. The van der Waals surface area contributed by atoms with Gasteiger partial charge in [-0.1, -0.05) is 12.1 Å². The molecule has 0 radical (unpaired) electrons. The number of rotatable bonds is 9. The molecule has 1 unspecified atom stereocenters. The van der Waals surface area contributed by atoms with Crippen LogP contribution in [0.15, 0.2) is 29.3 Å². The average Bonchev–Trinajstić information content (AvgIpc) is 2.55. The molecular formula is C16H24F3N3O3. The molecule has 6 nitrogen and oxygen atoms in total. The van der Waals surface area contributed by atoms with Crippen LogP contribution in [0.4, 0.5) is 13.2 Å². The monoisotopic (exact) mass is 363 g/mol. The minimum Gasteiger partial charge on any atom is -0.406 e. The second-order valence-corrected chi connectivity index (χ2v) is 4.98. The zero-order valence-electron chi connectivity index (χ0n) is 14.3. The van der Waals surface area contributed by atoms with Crippen LogP contribution in [0.3, 0.4) is 0 Å². The summed E-state index contributed by atoms with van der Waals surface area (Å²) in [7, 11) is 0. The van der Waals surface area contributed by atoms with Gasteiger partial charge in [-0.15, -0.1) is 13.2 Å². The van der Waals surface area contributed by atoms with E-state index in [0.29, 0.717) is 37.8 Å². The van der Waals surface area contributed by atoms with Gasteiger partial charge >= 0.3 is 6.36 Å². The molecule has 0 aliphatic carbocycles. The molecule has 142 valence electrons. The highest BCUT2D eigenvalue weighted by Gasteiger charge is 2.31. The highest BCUT2D eigenvalue weighted by atomic mass is 19.4. The van der Waals surface area contributed by atoms with E-state index >= 15 is 0 Å². The Morgan fingerprint density at radius 3 is 2.44 bits per heavy atom. The first-order valence-corrected chi connectivity index (χ1v) is 7.99. The van der Waals surface area contributed by atoms with Gasteiger partial charge in [-0.25, -0.2) is 0 Å². The average molecular weight is 363 g/mol. The van der Waals surface area contributed by atoms with Crippen LogP contribution in [0.2, 0.25) is 0 Å². The summed E-state index contributed by atoms with van der Waals surface area (Å²) in [6, 6.07) is 5.05. The number of benzene rings is 1. The number of alkyl halides is 3. The van der Waals surface area contributed by atoms with Gasteiger partial charge < -0.3 is 25.2 Å². The van der Waals surface area contributed by atoms with E-state index in [9.17, 15) is 18.3 Å². The third-order valence-corrected chi connectivity index (χ3v) is 3.01. The van der Waals surface area contributed by atoms with Gasteiger partial charge in [-0.3, -0.25) is 4.99 Å². The summed E-state index contributed by atoms with van der Waals surface area (Å²) in [6.45, 7) is 6.26. The number of aliphatic imine (C=N–C) groups is 1. The van der Waals surface area contributed by atoms with Crippen LogP contribution in [0, 0.1) is 0 Å². The lowest BCUT2D eigenvalue weighted by Crippen LogP contribution is -2.39. The SMILES string of the molecule is CCNC(=NCC(O)c1ccc(OC(F)(F)F)cc1)NCCOCC. The zero-order chi connectivity index (χ0) is 18.7. The predicted molar refractivity (Wildman–Crippen MR) is 88.6 cm³/mol. The number of guanidine groups is 1. The number of nitrogens with zero attached hydrogens (tertiary/aromatic N) is 1. The highest BCUT2D eigenvalue weighted by molar-refractivity contribution is 5.79. The number of hydrogen-bond donors (Lipinski definition) is 3. The quantitative estimate of drug-likeness (QED) is 0.356. The molecule has 1 rings (SSSR count). The lowest BCUT2D eigenvalue weighted by Gasteiger charge is -2.14. The van der Waals surface area contributed by atoms with Crippen molar-refractivity contribution in [3.8, 4) is 5.75 Å². The van der Waals surface area contributed by atoms with E-state index in [-0.39, 0.29) is 12.3 Å². The maximum absolute atomic E-state index is 12.1. The largest absolute Gasteiger partial charge is 0.573 e. The van der Waals surface area contributed by atoms with Gasteiger partial charge in [0.2, 0.25) is 0 Å². The third kappa shape index (κ3) is 9.16. The second kappa shape index (κ2) is 10.8. The van der Waals surface area contributed by atoms with E-state index in [1.54, 1.807) is 0 Å². The molecule has 1 atom stereocenters. The Kier molecular flexibility index (Phi) is 9.07. The number of aliphatic hydroxyl groups is 1. The summed E-state index contributed by atoms with van der Waals surface area (Å²) in [5, 5.41) is 16.2. The second-order valence-electron chi connectivity index (χ2n) is 4.98. The smallest absolute Gasteiger partial charge is 0.406 e. The van der Waals surface area contributed by atoms with Crippen LogP contribution in [0.5, 0.6) is 5.75 Å². The minimum absolute atomic E-state index is 0.0590. The predicted octanol–water partition coefficient (Wildman–Crippen LogP) is 2.21. The zero-order valence-corrected chi connectivity index (χ0v) is 14.3. The Bertz CT molecular complexity index is 522. The van der Waals surface area contributed by atoms with E-state index in [1.165, 1.54) is 12.1 Å². The molecule has 0 saturated carbocycles. The van der Waals surface area contributed by atoms with Crippen molar-refractivity contribution in [2.45, 2.75) is 26.3 Å². The Morgan fingerprint density at radius 2 is 1.88 bits per heavy atom. The number of hydrogen-bond acceptors (Lipinski definition) is 4. The topological polar surface area (TPSA) is 75.1 Å². The highest BCUT2D eigenvalue weighted by Crippen LogP contribution is 2.24. The minimum atomic E-state index is -4.74. The van der Waals surface area contributed by atoms with Gasteiger partial charge in [-0.2, -0.15) is 0 Å². The van der Waals surface area contributed by atoms with E-state index in [4.69, 9.17) is 4.74 Å². The van der Waals surface area contributed by atoms with E-state index in [1.807, 2.05) is 13.8 Å². The van der Waals surface area contributed by atoms with Crippen molar-refractivity contribution in [3.63, 3.8) is 0 Å². The molecule has 0 amide bonds. The summed E-state index contributed by atoms with van der Waals surface area (Å²) in [5.41, 5.74) is 0.448. The first-order chi connectivity index (χ1) is 11.9. The molecule has 0 spiro atoms. The van der Waals surface area contributed by atoms with Crippen molar-refractivity contribution in [1.82, 2.24) is 10.6 Å². The van der Waals surface area contributed by atoms with E-state index in [0.717, 1.165) is 12.1 Å². The summed E-state index contributed by atoms with van der Waals surface area (Å²) in [6.07, 6.45) is -5.68. The van der Waals surface area contributed by atoms with Gasteiger partial charge in [0.15, 0.2) is 5.96 Å². The van der Waals surface area contributed by atoms with Crippen LogP contribution in [0.25, 0.3) is 0 Å². The van der Waals surface area contributed by atoms with Gasteiger partial charge in [0, 0.05) is 19.7 Å². The van der Waals surface area contributed by atoms with Crippen molar-refractivity contribution >= 4 is 5.96 Å². The maximum atomic E-state index is 12.1. The van der Waals surface area contributed by atoms with Gasteiger partial charge in [0.05, 0.1) is 19.3 Å². The Labute approximate surface area is 145 Å². The Balaban J connectivity index is 2.58. The van der Waals surface area contributed by atoms with Crippen LogP contribution < -0.4 is 15.4 Å². The molecule has 1 aromatic rings. The van der Waals surface area contributed by atoms with Crippen LogP contribution in [-0.4, -0.2) is 50.3 Å². The van der Waals surface area contributed by atoms with Gasteiger partial charge in [0.25, 0.3) is 0 Å². The summed E-state index contributed by atoms with van der Waals surface area (Å²) in [4.78, 5) is 4.25. The lowest BCUT2D eigenvalue weighted by molar-refractivity contribution is -0.274. The van der Waals surface area contributed by atoms with Crippen LogP contribution in [-0.2, 0) is 4.74 Å². The van der Waals surface area contributed by atoms with Gasteiger partial charge in [0.1, 0.15) is 5.75 Å². The fourth-order valence-electron chi connectivity index (χ4n) is 1.90. The van der Waals surface area contributed by atoms with Gasteiger partial charge in [-0.05, 0) is 31.5 Å². The molecule has 0 aromatic heterocycles. The molecule has 1 aromatic carbocycles. The van der Waals surface area contributed by atoms with Crippen molar-refractivity contribution in [2.75, 3.05) is 32.8 Å². The fourth-order valence-corrected chi connectivity index (χ4v) is 1.90. The molecule has 9 heteroatoms. The molecular weight excluding hydrogens is 339 g/mol. The van der Waals surface area contributed by atoms with Crippen molar-refractivity contribution in [1.29, 1.82) is 0 Å². The fraction of sp³-hybridized carbons (Fsp3) is 0.562. The van der Waals surface area contributed by atoms with Crippen molar-refractivity contribution in [3.05, 3.63) is 29.8 Å². The number of nitrogens with one attached hydrogen (secondary N) is 2. The van der Waals surface area contributed by atoms with E-state index < -0.39 is 12.5 Å². The summed E-state index contributed by atoms with van der Waals surface area (Å²) in [5.74, 6) is 0.191. The maximum Gasteiger partial charge on any atom is 0.573 e. The number of aliphatic hydroxyl groups excluding tert-OH is 1. The molecule has 0 aliphatic heterocycles. The van der Waals surface area contributed by atoms with Crippen molar-refractivity contribution < 1.29 is 27.8 Å². The number of ether oxygens (including phenoxy) is 2. The molecule has 0 aliphatic rings. The number of halogens is 3. The molecule has 25 heavy (non-hydrogen) atoms. The van der Waals surface area contributed by atoms with Crippen LogP contribution >= 0.6 is 0 Å². The summed E-state index contributed by atoms with van der Waals surface area (Å²) >= 11 is 0. The molecule has 3 N–H and O–H groups in total. The molecule has 0 fully saturated rings. The first-order valence-electron chi connectivity index (χ1n) is 7.99. The first kappa shape index (κ1) is 21.0. The Hall–Kier alpha value is -2.00. The standard InChI is InChI=1S/C16H24F3N3O3/c1-3-20-15(21-9-10-24-4-2)22-11-14(23)12-5-7-13(8-6-12)25-16(17,18)19/h5-8,14,23H,3-4,9-11H2,1-2H3,(H2,20,21,22). The Morgan fingerprint density at radius 1 is 1.20 bits per heavy atom. The molecule has 0 saturated heterocycles.